The average Bonchev–Trinajstić information content (AvgIpc) is 3.21. The molecular formula is C17H14N4OS2. The quantitative estimate of drug-likeness (QED) is 0.523. The fourth-order valence-corrected chi connectivity index (χ4v) is 4.02. The molecule has 3 heterocycles. The molecule has 0 unspecified atom stereocenters. The van der Waals surface area contributed by atoms with Gasteiger partial charge in [0.1, 0.15) is 0 Å². The minimum atomic E-state index is -0.155. The zero-order valence-electron chi connectivity index (χ0n) is 13.1. The van der Waals surface area contributed by atoms with Crippen LogP contribution in [0, 0.1) is 0 Å². The number of benzene rings is 1. The van der Waals surface area contributed by atoms with Crippen LogP contribution in [-0.4, -0.2) is 33.6 Å². The van der Waals surface area contributed by atoms with Gasteiger partial charge in [-0.2, -0.15) is 0 Å². The number of fused-ring (bicyclic) bond motifs is 2. The monoisotopic (exact) mass is 354 g/mol. The molecule has 4 aromatic rings. The smallest absolute Gasteiger partial charge is 0.280 e. The van der Waals surface area contributed by atoms with Crippen LogP contribution in [0.2, 0.25) is 0 Å². The highest BCUT2D eigenvalue weighted by molar-refractivity contribution is 7.98. The summed E-state index contributed by atoms with van der Waals surface area (Å²) in [7, 11) is 1.74. The molecule has 0 saturated heterocycles. The van der Waals surface area contributed by atoms with Crippen molar-refractivity contribution in [2.45, 2.75) is 5.16 Å². The fraction of sp³-hybridized carbons (Fsp3) is 0.118. The van der Waals surface area contributed by atoms with Gasteiger partial charge in [0.15, 0.2) is 16.0 Å². The van der Waals surface area contributed by atoms with E-state index in [1.807, 2.05) is 59.3 Å². The maximum atomic E-state index is 13.0. The van der Waals surface area contributed by atoms with Crippen molar-refractivity contribution >= 4 is 49.9 Å². The van der Waals surface area contributed by atoms with Gasteiger partial charge >= 0.3 is 0 Å². The van der Waals surface area contributed by atoms with Crippen molar-refractivity contribution in [3.8, 4) is 0 Å². The standard InChI is InChI=1S/C17H14N4OS2/c1-20(16-18-11-7-3-4-9-13(11)24-16)15(22)14-12-8-5-6-10-21(12)17(19-14)23-2/h3-10H,1-2H3. The summed E-state index contributed by atoms with van der Waals surface area (Å²) in [4.78, 5) is 23.6. The van der Waals surface area contributed by atoms with Crippen LogP contribution in [0.4, 0.5) is 5.13 Å². The molecule has 0 fully saturated rings. The highest BCUT2D eigenvalue weighted by Crippen LogP contribution is 2.29. The first kappa shape index (κ1) is 15.2. The Morgan fingerprint density at radius 3 is 2.75 bits per heavy atom. The molecule has 3 aromatic heterocycles. The van der Waals surface area contributed by atoms with Gasteiger partial charge < -0.3 is 0 Å². The van der Waals surface area contributed by atoms with E-state index in [-0.39, 0.29) is 5.91 Å². The van der Waals surface area contributed by atoms with Crippen molar-refractivity contribution in [3.63, 3.8) is 0 Å². The Labute approximate surface area is 147 Å². The molecule has 0 saturated carbocycles. The van der Waals surface area contributed by atoms with Gasteiger partial charge in [-0.1, -0.05) is 41.3 Å². The Balaban J connectivity index is 1.78. The number of amides is 1. The number of carbonyl (C=O) groups is 1. The number of anilines is 1. The summed E-state index contributed by atoms with van der Waals surface area (Å²) in [5.74, 6) is -0.155. The van der Waals surface area contributed by atoms with E-state index in [4.69, 9.17) is 0 Å². The Morgan fingerprint density at radius 2 is 1.96 bits per heavy atom. The third-order valence-electron chi connectivity index (χ3n) is 3.78. The molecule has 0 aliphatic heterocycles. The van der Waals surface area contributed by atoms with Crippen molar-refractivity contribution in [3.05, 3.63) is 54.4 Å². The third kappa shape index (κ3) is 2.37. The van der Waals surface area contributed by atoms with E-state index in [0.717, 1.165) is 20.9 Å². The first-order chi connectivity index (χ1) is 11.7. The second-order valence-corrected chi connectivity index (χ2v) is 7.01. The van der Waals surface area contributed by atoms with Gasteiger partial charge in [-0.3, -0.25) is 14.1 Å². The summed E-state index contributed by atoms with van der Waals surface area (Å²) in [5.41, 5.74) is 2.15. The molecule has 120 valence electrons. The molecule has 0 radical (unpaired) electrons. The summed E-state index contributed by atoms with van der Waals surface area (Å²) >= 11 is 3.02. The lowest BCUT2D eigenvalue weighted by molar-refractivity contribution is 0.0990. The normalized spacial score (nSPS) is 11.2. The average molecular weight is 354 g/mol. The predicted octanol–water partition coefficient (Wildman–Crippen LogP) is 3.94. The SMILES string of the molecule is CSc1nc(C(=O)N(C)c2nc3ccccc3s2)c2ccccn12. The molecule has 0 N–H and O–H groups in total. The van der Waals surface area contributed by atoms with Crippen LogP contribution in [0.1, 0.15) is 10.5 Å². The van der Waals surface area contributed by atoms with Crippen molar-refractivity contribution in [2.75, 3.05) is 18.2 Å². The maximum Gasteiger partial charge on any atom is 0.280 e. The van der Waals surface area contributed by atoms with Crippen molar-refractivity contribution in [1.29, 1.82) is 0 Å². The van der Waals surface area contributed by atoms with Gasteiger partial charge in [-0.25, -0.2) is 9.97 Å². The van der Waals surface area contributed by atoms with E-state index >= 15 is 0 Å². The van der Waals surface area contributed by atoms with Gasteiger partial charge in [-0.15, -0.1) is 0 Å². The molecular weight excluding hydrogens is 340 g/mol. The van der Waals surface area contributed by atoms with E-state index in [0.29, 0.717) is 10.8 Å². The Morgan fingerprint density at radius 1 is 1.17 bits per heavy atom. The summed E-state index contributed by atoms with van der Waals surface area (Å²) in [6.45, 7) is 0. The molecule has 0 aliphatic carbocycles. The molecule has 4 rings (SSSR count). The fourth-order valence-electron chi connectivity index (χ4n) is 2.56. The molecule has 0 spiro atoms. The topological polar surface area (TPSA) is 50.5 Å². The Bertz CT molecular complexity index is 1020. The number of thioether (sulfide) groups is 1. The summed E-state index contributed by atoms with van der Waals surface area (Å²) in [6.07, 6.45) is 3.87. The van der Waals surface area contributed by atoms with Crippen LogP contribution >= 0.6 is 23.1 Å². The number of pyridine rings is 1. The largest absolute Gasteiger partial charge is 0.294 e. The number of para-hydroxylation sites is 1. The minimum absolute atomic E-state index is 0.155. The van der Waals surface area contributed by atoms with Crippen molar-refractivity contribution in [2.24, 2.45) is 0 Å². The summed E-state index contributed by atoms with van der Waals surface area (Å²) in [5, 5.41) is 1.47. The van der Waals surface area contributed by atoms with E-state index in [2.05, 4.69) is 9.97 Å². The lowest BCUT2D eigenvalue weighted by atomic mass is 10.3. The number of aromatic nitrogens is 3. The van der Waals surface area contributed by atoms with Gasteiger partial charge in [0.2, 0.25) is 0 Å². The third-order valence-corrected chi connectivity index (χ3v) is 5.54. The van der Waals surface area contributed by atoms with E-state index < -0.39 is 0 Å². The van der Waals surface area contributed by atoms with Crippen LogP contribution < -0.4 is 4.90 Å². The van der Waals surface area contributed by atoms with E-state index in [1.54, 1.807) is 11.9 Å². The number of hydrogen-bond acceptors (Lipinski definition) is 5. The first-order valence-corrected chi connectivity index (χ1v) is 9.38. The molecule has 0 atom stereocenters. The van der Waals surface area contributed by atoms with Gasteiger partial charge in [0.05, 0.1) is 15.7 Å². The highest BCUT2D eigenvalue weighted by Gasteiger charge is 2.23. The van der Waals surface area contributed by atoms with Crippen LogP contribution in [0.3, 0.4) is 0 Å². The number of imidazole rings is 1. The molecule has 1 amide bonds. The van der Waals surface area contributed by atoms with Gasteiger partial charge in [-0.05, 0) is 30.5 Å². The van der Waals surface area contributed by atoms with Crippen molar-refractivity contribution in [1.82, 2.24) is 14.4 Å². The Kier molecular flexibility index (Phi) is 3.74. The van der Waals surface area contributed by atoms with Gasteiger partial charge in [0.25, 0.3) is 5.91 Å². The lowest BCUT2D eigenvalue weighted by Gasteiger charge is -2.12. The van der Waals surface area contributed by atoms with E-state index in [9.17, 15) is 4.79 Å². The molecule has 7 heteroatoms. The van der Waals surface area contributed by atoms with Crippen LogP contribution in [0.15, 0.2) is 53.8 Å². The van der Waals surface area contributed by atoms with E-state index in [1.165, 1.54) is 23.1 Å². The predicted molar refractivity (Wildman–Crippen MR) is 99.3 cm³/mol. The van der Waals surface area contributed by atoms with Crippen LogP contribution in [0.5, 0.6) is 0 Å². The number of hydrogen-bond donors (Lipinski definition) is 0. The Hall–Kier alpha value is -2.38. The second kappa shape index (κ2) is 5.92. The summed E-state index contributed by atoms with van der Waals surface area (Å²) < 4.78 is 3.00. The molecule has 1 aromatic carbocycles. The number of rotatable bonds is 3. The zero-order chi connectivity index (χ0) is 16.7. The number of nitrogens with zero attached hydrogens (tertiary/aromatic N) is 4. The van der Waals surface area contributed by atoms with Crippen molar-refractivity contribution < 1.29 is 4.79 Å². The molecule has 5 nitrogen and oxygen atoms in total. The summed E-state index contributed by atoms with van der Waals surface area (Å²) in [6, 6.07) is 13.6. The van der Waals surface area contributed by atoms with Crippen LogP contribution in [-0.2, 0) is 0 Å². The lowest BCUT2D eigenvalue weighted by Crippen LogP contribution is -2.26. The molecule has 0 aliphatic rings. The zero-order valence-corrected chi connectivity index (χ0v) is 14.8. The molecule has 24 heavy (non-hydrogen) atoms. The second-order valence-electron chi connectivity index (χ2n) is 5.23. The van der Waals surface area contributed by atoms with Crippen LogP contribution in [0.25, 0.3) is 15.7 Å². The minimum Gasteiger partial charge on any atom is -0.294 e. The number of carbonyl (C=O) groups excluding carboxylic acids is 1. The highest BCUT2D eigenvalue weighted by atomic mass is 32.2. The molecule has 0 bridgehead atoms. The maximum absolute atomic E-state index is 13.0. The first-order valence-electron chi connectivity index (χ1n) is 7.34. The van der Waals surface area contributed by atoms with Gasteiger partial charge in [0, 0.05) is 13.2 Å². The number of thiazole rings is 1.